The lowest BCUT2D eigenvalue weighted by molar-refractivity contribution is -0.121. The van der Waals surface area contributed by atoms with Crippen LogP contribution >= 0.6 is 0 Å². The Hall–Kier alpha value is -2.48. The quantitative estimate of drug-likeness (QED) is 0.757. The zero-order chi connectivity index (χ0) is 18.5. The summed E-state index contributed by atoms with van der Waals surface area (Å²) in [6.07, 6.45) is 6.62. The average Bonchev–Trinajstić information content (AvgIpc) is 3.23. The third kappa shape index (κ3) is 4.37. The summed E-state index contributed by atoms with van der Waals surface area (Å²) in [6, 6.07) is 3.83. The molecule has 0 aromatic carbocycles. The van der Waals surface area contributed by atoms with Crippen LogP contribution in [0, 0.1) is 5.92 Å². The van der Waals surface area contributed by atoms with Gasteiger partial charge in [0.15, 0.2) is 0 Å². The Labute approximate surface area is 153 Å². The van der Waals surface area contributed by atoms with Crippen molar-refractivity contribution in [3.05, 3.63) is 36.7 Å². The maximum Gasteiger partial charge on any atom is 0.221 e. The van der Waals surface area contributed by atoms with Gasteiger partial charge in [-0.15, -0.1) is 10.2 Å². The Morgan fingerprint density at radius 3 is 2.85 bits per heavy atom. The Bertz CT molecular complexity index is 719. The molecule has 3 atom stereocenters. The van der Waals surface area contributed by atoms with Crippen molar-refractivity contribution < 1.29 is 9.90 Å². The van der Waals surface area contributed by atoms with E-state index >= 15 is 0 Å². The first-order valence-corrected chi connectivity index (χ1v) is 8.94. The molecule has 140 valence electrons. The predicted molar refractivity (Wildman–Crippen MR) is 97.6 cm³/mol. The van der Waals surface area contributed by atoms with Crippen molar-refractivity contribution in [1.29, 1.82) is 0 Å². The van der Waals surface area contributed by atoms with Crippen LogP contribution in [0.5, 0.6) is 0 Å². The summed E-state index contributed by atoms with van der Waals surface area (Å²) in [5.74, 6) is 1.15. The number of amides is 1. The molecule has 2 aromatic heterocycles. The lowest BCUT2D eigenvalue weighted by Gasteiger charge is -2.19. The monoisotopic (exact) mass is 358 g/mol. The van der Waals surface area contributed by atoms with Crippen LogP contribution in [-0.4, -0.2) is 57.0 Å². The summed E-state index contributed by atoms with van der Waals surface area (Å²) in [4.78, 5) is 18.2. The van der Waals surface area contributed by atoms with Gasteiger partial charge in [0, 0.05) is 63.5 Å². The number of aryl methyl sites for hydroxylation is 1. The topological polar surface area (TPSA) is 96.2 Å². The minimum absolute atomic E-state index is 0.000199. The molecule has 3 rings (SSSR count). The van der Waals surface area contributed by atoms with Crippen LogP contribution in [0.25, 0.3) is 0 Å². The highest BCUT2D eigenvalue weighted by Gasteiger charge is 2.35. The lowest BCUT2D eigenvalue weighted by atomic mass is 10.0. The number of nitrogens with one attached hydrogen (secondary N) is 1. The van der Waals surface area contributed by atoms with Crippen LogP contribution in [0.15, 0.2) is 30.9 Å². The van der Waals surface area contributed by atoms with Gasteiger partial charge in [-0.25, -0.2) is 0 Å². The molecular weight excluding hydrogens is 332 g/mol. The number of carbonyl (C=O) groups excluding carboxylic acids is 1. The van der Waals surface area contributed by atoms with E-state index in [1.165, 1.54) is 0 Å². The molecule has 0 spiro atoms. The van der Waals surface area contributed by atoms with E-state index < -0.39 is 6.10 Å². The smallest absolute Gasteiger partial charge is 0.221 e. The van der Waals surface area contributed by atoms with Crippen molar-refractivity contribution in [2.24, 2.45) is 13.0 Å². The van der Waals surface area contributed by atoms with E-state index in [2.05, 4.69) is 20.5 Å². The van der Waals surface area contributed by atoms with Gasteiger partial charge in [0.2, 0.25) is 5.91 Å². The fourth-order valence-corrected chi connectivity index (χ4v) is 3.52. The molecular formula is C18H26N6O2. The number of hydrogen-bond donors (Lipinski definition) is 2. The largest absolute Gasteiger partial charge is 0.393 e. The molecule has 26 heavy (non-hydrogen) atoms. The Morgan fingerprint density at radius 1 is 1.38 bits per heavy atom. The third-order valence-corrected chi connectivity index (χ3v) is 5.11. The summed E-state index contributed by atoms with van der Waals surface area (Å²) in [7, 11) is 3.87. The van der Waals surface area contributed by atoms with Crippen molar-refractivity contribution in [2.75, 3.05) is 25.0 Å². The summed E-state index contributed by atoms with van der Waals surface area (Å²) >= 11 is 0. The van der Waals surface area contributed by atoms with Crippen molar-refractivity contribution in [3.63, 3.8) is 0 Å². The molecule has 1 fully saturated rings. The Balaban J connectivity index is 1.42. The fraction of sp³-hybridized carbons (Fsp3) is 0.556. The zero-order valence-electron chi connectivity index (χ0n) is 15.2. The van der Waals surface area contributed by atoms with Crippen molar-refractivity contribution >= 4 is 11.6 Å². The van der Waals surface area contributed by atoms with E-state index in [9.17, 15) is 9.90 Å². The van der Waals surface area contributed by atoms with Crippen LogP contribution < -0.4 is 10.2 Å². The molecule has 2 aromatic rings. The van der Waals surface area contributed by atoms with Crippen LogP contribution in [0.3, 0.4) is 0 Å². The summed E-state index contributed by atoms with van der Waals surface area (Å²) in [5, 5.41) is 21.3. The Kier molecular flexibility index (Phi) is 5.82. The summed E-state index contributed by atoms with van der Waals surface area (Å²) < 4.78 is 1.90. The second-order valence-electron chi connectivity index (χ2n) is 6.98. The number of nitrogens with zero attached hydrogens (tertiary/aromatic N) is 5. The van der Waals surface area contributed by atoms with E-state index in [0.717, 1.165) is 17.9 Å². The fourth-order valence-electron chi connectivity index (χ4n) is 3.52. The highest BCUT2D eigenvalue weighted by atomic mass is 16.3. The molecule has 0 bridgehead atoms. The van der Waals surface area contributed by atoms with Crippen LogP contribution in [0.4, 0.5) is 5.69 Å². The Morgan fingerprint density at radius 2 is 2.15 bits per heavy atom. The molecule has 8 nitrogen and oxygen atoms in total. The zero-order valence-corrected chi connectivity index (χ0v) is 15.2. The maximum absolute atomic E-state index is 12.1. The van der Waals surface area contributed by atoms with E-state index in [-0.39, 0.29) is 17.7 Å². The molecule has 0 saturated heterocycles. The summed E-state index contributed by atoms with van der Waals surface area (Å²) in [5.41, 5.74) is 1.03. The number of aliphatic hydroxyl groups is 1. The van der Waals surface area contributed by atoms with E-state index in [4.69, 9.17) is 0 Å². The normalized spacial score (nSPS) is 22.3. The van der Waals surface area contributed by atoms with E-state index in [1.807, 2.05) is 35.7 Å². The van der Waals surface area contributed by atoms with Gasteiger partial charge < -0.3 is 19.9 Å². The molecule has 1 aliphatic carbocycles. The second kappa shape index (κ2) is 8.27. The number of aromatic nitrogens is 4. The predicted octanol–water partition coefficient (Wildman–Crippen LogP) is 0.707. The van der Waals surface area contributed by atoms with Crippen LogP contribution in [-0.2, 0) is 11.8 Å². The molecule has 0 unspecified atom stereocenters. The highest BCUT2D eigenvalue weighted by Crippen LogP contribution is 2.37. The first-order chi connectivity index (χ1) is 12.5. The molecule has 0 aliphatic heterocycles. The van der Waals surface area contributed by atoms with Gasteiger partial charge in [0.1, 0.15) is 12.2 Å². The molecule has 1 aliphatic rings. The highest BCUT2D eigenvalue weighted by molar-refractivity contribution is 5.76. The van der Waals surface area contributed by atoms with Gasteiger partial charge >= 0.3 is 0 Å². The molecule has 2 heterocycles. The molecule has 2 N–H and O–H groups in total. The van der Waals surface area contributed by atoms with Gasteiger partial charge in [0.25, 0.3) is 0 Å². The molecule has 0 radical (unpaired) electrons. The van der Waals surface area contributed by atoms with E-state index in [1.54, 1.807) is 18.7 Å². The number of anilines is 1. The first kappa shape index (κ1) is 18.3. The van der Waals surface area contributed by atoms with Gasteiger partial charge in [0.05, 0.1) is 6.10 Å². The average molecular weight is 358 g/mol. The third-order valence-electron chi connectivity index (χ3n) is 5.11. The molecule has 1 saturated carbocycles. The van der Waals surface area contributed by atoms with Gasteiger partial charge in [-0.1, -0.05) is 0 Å². The van der Waals surface area contributed by atoms with Gasteiger partial charge in [-0.05, 0) is 25.0 Å². The minimum Gasteiger partial charge on any atom is -0.393 e. The van der Waals surface area contributed by atoms with Crippen LogP contribution in [0.1, 0.15) is 31.0 Å². The standard InChI is InChI=1S/C18H26N6O2/c1-23(15-3-6-19-7-4-15)8-5-17(26)20-11-14-9-13(10-16(14)25)18-22-21-12-24(18)2/h3-4,6-7,12-14,16,25H,5,8-11H2,1-2H3,(H,20,26)/t13-,14+,16+/m0/s1. The number of pyridine rings is 1. The second-order valence-corrected chi connectivity index (χ2v) is 6.98. The van der Waals surface area contributed by atoms with Crippen molar-refractivity contribution in [3.8, 4) is 0 Å². The van der Waals surface area contributed by atoms with Gasteiger partial charge in [-0.2, -0.15) is 0 Å². The number of rotatable bonds is 7. The van der Waals surface area contributed by atoms with Crippen molar-refractivity contribution in [1.82, 2.24) is 25.1 Å². The van der Waals surface area contributed by atoms with E-state index in [0.29, 0.717) is 25.9 Å². The summed E-state index contributed by atoms with van der Waals surface area (Å²) in [6.45, 7) is 1.12. The number of hydrogen-bond acceptors (Lipinski definition) is 6. The maximum atomic E-state index is 12.1. The number of aliphatic hydroxyl groups excluding tert-OH is 1. The molecule has 1 amide bonds. The van der Waals surface area contributed by atoms with Crippen LogP contribution in [0.2, 0.25) is 0 Å². The number of carbonyl (C=O) groups is 1. The first-order valence-electron chi connectivity index (χ1n) is 8.94. The van der Waals surface area contributed by atoms with Gasteiger partial charge in [-0.3, -0.25) is 9.78 Å². The SMILES string of the molecule is CN(CCC(=O)NC[C@H]1C[C@H](c2nncn2C)C[C@H]1O)c1ccncc1. The van der Waals surface area contributed by atoms with Crippen molar-refractivity contribution in [2.45, 2.75) is 31.3 Å². The molecule has 8 heteroatoms. The lowest BCUT2D eigenvalue weighted by Crippen LogP contribution is -2.34. The minimum atomic E-state index is -0.420.